The standard InChI is InChI=1S/C30H37F3N4O2/c31-30(32,33)21-34-28(38)24-13-11-22(12-14-24)19-35-17-15-26(16-18-35)37-27(23-7-3-1-4-8-23)20-36(29(37)39)25-9-5-2-6-10-25/h1,3-4,7-8,11-14,25-27H,2,5-6,9-10,15-21H2,(H,34,38). The van der Waals surface area contributed by atoms with E-state index in [1.165, 1.54) is 24.8 Å². The highest BCUT2D eigenvalue weighted by Gasteiger charge is 2.45. The lowest BCUT2D eigenvalue weighted by Crippen LogP contribution is -2.48. The molecule has 6 nitrogen and oxygen atoms in total. The van der Waals surface area contributed by atoms with Gasteiger partial charge in [0, 0.05) is 43.8 Å². The van der Waals surface area contributed by atoms with Crippen molar-refractivity contribution in [3.63, 3.8) is 0 Å². The van der Waals surface area contributed by atoms with Gasteiger partial charge in [-0.2, -0.15) is 13.2 Å². The number of urea groups is 1. The molecule has 2 aromatic rings. The number of rotatable bonds is 7. The fraction of sp³-hybridized carbons (Fsp3) is 0.533. The summed E-state index contributed by atoms with van der Waals surface area (Å²) in [5, 5.41) is 1.90. The summed E-state index contributed by atoms with van der Waals surface area (Å²) in [6, 6.07) is 17.9. The van der Waals surface area contributed by atoms with E-state index < -0.39 is 18.6 Å². The van der Waals surface area contributed by atoms with Gasteiger partial charge in [0.05, 0.1) is 6.04 Å². The van der Waals surface area contributed by atoms with Crippen LogP contribution in [0.1, 0.15) is 72.5 Å². The molecule has 2 aliphatic heterocycles. The molecule has 210 valence electrons. The summed E-state index contributed by atoms with van der Waals surface area (Å²) in [7, 11) is 0. The Bertz CT molecular complexity index is 1110. The molecule has 5 rings (SSSR count). The van der Waals surface area contributed by atoms with Gasteiger partial charge < -0.3 is 15.1 Å². The smallest absolute Gasteiger partial charge is 0.343 e. The van der Waals surface area contributed by atoms with Crippen molar-refractivity contribution in [1.82, 2.24) is 20.0 Å². The first-order valence-electron chi connectivity index (χ1n) is 14.1. The molecule has 2 aromatic carbocycles. The normalized spacial score (nSPS) is 21.9. The first kappa shape index (κ1) is 27.5. The topological polar surface area (TPSA) is 55.9 Å². The quantitative estimate of drug-likeness (QED) is 0.485. The average Bonchev–Trinajstić information content (AvgIpc) is 3.30. The molecular formula is C30H37F3N4O2. The first-order valence-corrected chi connectivity index (χ1v) is 14.1. The highest BCUT2D eigenvalue weighted by molar-refractivity contribution is 5.94. The number of hydrogen-bond acceptors (Lipinski definition) is 3. The lowest BCUT2D eigenvalue weighted by atomic mass is 9.94. The number of benzene rings is 2. The molecule has 9 heteroatoms. The molecule has 1 unspecified atom stereocenters. The minimum absolute atomic E-state index is 0.0770. The number of alkyl halides is 3. The van der Waals surface area contributed by atoms with Gasteiger partial charge in [-0.05, 0) is 48.9 Å². The van der Waals surface area contributed by atoms with Crippen molar-refractivity contribution in [1.29, 1.82) is 0 Å². The maximum absolute atomic E-state index is 13.8. The Hall–Kier alpha value is -3.07. The second-order valence-corrected chi connectivity index (χ2v) is 11.1. The number of amides is 3. The van der Waals surface area contributed by atoms with Gasteiger partial charge >= 0.3 is 12.2 Å². The lowest BCUT2D eigenvalue weighted by molar-refractivity contribution is -0.123. The minimum Gasteiger partial charge on any atom is -0.343 e. The zero-order valence-electron chi connectivity index (χ0n) is 22.2. The van der Waals surface area contributed by atoms with Gasteiger partial charge in [0.25, 0.3) is 5.91 Å². The van der Waals surface area contributed by atoms with Crippen LogP contribution in [-0.4, -0.2) is 71.1 Å². The minimum atomic E-state index is -4.43. The third kappa shape index (κ3) is 6.75. The van der Waals surface area contributed by atoms with Crippen LogP contribution in [0.4, 0.5) is 18.0 Å². The maximum atomic E-state index is 13.8. The summed E-state index contributed by atoms with van der Waals surface area (Å²) in [4.78, 5) is 32.4. The van der Waals surface area contributed by atoms with E-state index in [4.69, 9.17) is 0 Å². The van der Waals surface area contributed by atoms with E-state index in [-0.39, 0.29) is 23.7 Å². The van der Waals surface area contributed by atoms with E-state index in [1.807, 2.05) is 11.4 Å². The number of nitrogens with zero attached hydrogens (tertiary/aromatic N) is 3. The van der Waals surface area contributed by atoms with Crippen LogP contribution >= 0.6 is 0 Å². The lowest BCUT2D eigenvalue weighted by Gasteiger charge is -2.39. The molecule has 1 aliphatic carbocycles. The van der Waals surface area contributed by atoms with Crippen molar-refractivity contribution in [3.8, 4) is 0 Å². The zero-order valence-corrected chi connectivity index (χ0v) is 22.2. The molecule has 0 radical (unpaired) electrons. The average molecular weight is 543 g/mol. The Kier molecular flexibility index (Phi) is 8.45. The van der Waals surface area contributed by atoms with Crippen LogP contribution in [0.15, 0.2) is 54.6 Å². The van der Waals surface area contributed by atoms with Gasteiger partial charge in [-0.1, -0.05) is 61.7 Å². The zero-order chi connectivity index (χ0) is 27.4. The van der Waals surface area contributed by atoms with Crippen molar-refractivity contribution >= 4 is 11.9 Å². The molecule has 1 saturated carbocycles. The third-order valence-corrected chi connectivity index (χ3v) is 8.39. The molecule has 0 bridgehead atoms. The summed E-state index contributed by atoms with van der Waals surface area (Å²) in [5.41, 5.74) is 2.42. The van der Waals surface area contributed by atoms with Crippen molar-refractivity contribution in [2.45, 2.75) is 75.8 Å². The Labute approximate surface area is 228 Å². The molecule has 1 N–H and O–H groups in total. The molecular weight excluding hydrogens is 505 g/mol. The van der Waals surface area contributed by atoms with Crippen molar-refractivity contribution in [2.24, 2.45) is 0 Å². The predicted octanol–water partition coefficient (Wildman–Crippen LogP) is 5.75. The molecule has 2 saturated heterocycles. The third-order valence-electron chi connectivity index (χ3n) is 8.39. The van der Waals surface area contributed by atoms with Gasteiger partial charge in [-0.3, -0.25) is 9.69 Å². The number of carbonyl (C=O) groups is 2. The van der Waals surface area contributed by atoms with E-state index in [2.05, 4.69) is 39.0 Å². The molecule has 0 aromatic heterocycles. The van der Waals surface area contributed by atoms with Crippen molar-refractivity contribution in [2.75, 3.05) is 26.2 Å². The van der Waals surface area contributed by atoms with Gasteiger partial charge in [0.2, 0.25) is 0 Å². The Morgan fingerprint density at radius 3 is 2.18 bits per heavy atom. The highest BCUT2D eigenvalue weighted by atomic mass is 19.4. The Morgan fingerprint density at radius 2 is 1.54 bits per heavy atom. The second kappa shape index (κ2) is 12.0. The van der Waals surface area contributed by atoms with E-state index in [1.54, 1.807) is 24.3 Å². The van der Waals surface area contributed by atoms with Crippen molar-refractivity contribution < 1.29 is 22.8 Å². The fourth-order valence-corrected chi connectivity index (χ4v) is 6.34. The molecule has 3 fully saturated rings. The number of piperidine rings is 1. The second-order valence-electron chi connectivity index (χ2n) is 11.1. The highest BCUT2D eigenvalue weighted by Crippen LogP contribution is 2.38. The van der Waals surface area contributed by atoms with Crippen LogP contribution < -0.4 is 5.32 Å². The molecule has 2 heterocycles. The molecule has 39 heavy (non-hydrogen) atoms. The summed E-state index contributed by atoms with van der Waals surface area (Å²) in [5.74, 6) is -0.731. The number of carbonyl (C=O) groups excluding carboxylic acids is 2. The molecule has 3 aliphatic rings. The SMILES string of the molecule is O=C(NCC(F)(F)F)c1ccc(CN2CCC(N3C(=O)N(C4CCCCC4)CC3c3ccccc3)CC2)cc1. The summed E-state index contributed by atoms with van der Waals surface area (Å²) < 4.78 is 37.1. The van der Waals surface area contributed by atoms with E-state index in [9.17, 15) is 22.8 Å². The predicted molar refractivity (Wildman–Crippen MR) is 143 cm³/mol. The largest absolute Gasteiger partial charge is 0.405 e. The summed E-state index contributed by atoms with van der Waals surface area (Å²) >= 11 is 0. The van der Waals surface area contributed by atoms with Crippen molar-refractivity contribution in [3.05, 3.63) is 71.3 Å². The maximum Gasteiger partial charge on any atom is 0.405 e. The van der Waals surface area contributed by atoms with Gasteiger partial charge in [-0.25, -0.2) is 4.79 Å². The Morgan fingerprint density at radius 1 is 0.872 bits per heavy atom. The van der Waals surface area contributed by atoms with E-state index in [0.29, 0.717) is 12.6 Å². The van der Waals surface area contributed by atoms with Crippen LogP contribution in [-0.2, 0) is 6.54 Å². The monoisotopic (exact) mass is 542 g/mol. The van der Waals surface area contributed by atoms with Gasteiger partial charge in [-0.15, -0.1) is 0 Å². The van der Waals surface area contributed by atoms with Crippen LogP contribution in [0.25, 0.3) is 0 Å². The van der Waals surface area contributed by atoms with E-state index >= 15 is 0 Å². The number of halogens is 3. The van der Waals surface area contributed by atoms with Gasteiger partial charge in [0.15, 0.2) is 0 Å². The van der Waals surface area contributed by atoms with Crippen LogP contribution in [0, 0.1) is 0 Å². The fourth-order valence-electron chi connectivity index (χ4n) is 6.34. The summed E-state index contributed by atoms with van der Waals surface area (Å²) in [6.45, 7) is 1.82. The van der Waals surface area contributed by atoms with Crippen LogP contribution in [0.3, 0.4) is 0 Å². The first-order chi connectivity index (χ1) is 18.8. The molecule has 1 atom stereocenters. The molecule has 0 spiro atoms. The van der Waals surface area contributed by atoms with Gasteiger partial charge in [0.1, 0.15) is 6.54 Å². The number of hydrogen-bond donors (Lipinski definition) is 1. The van der Waals surface area contributed by atoms with Crippen LogP contribution in [0.5, 0.6) is 0 Å². The number of likely N-dealkylation sites (tertiary alicyclic amines) is 1. The Balaban J connectivity index is 1.19. The van der Waals surface area contributed by atoms with E-state index in [0.717, 1.165) is 50.9 Å². The molecule has 3 amide bonds. The van der Waals surface area contributed by atoms with Crippen LogP contribution in [0.2, 0.25) is 0 Å². The number of nitrogens with one attached hydrogen (secondary N) is 1. The summed E-state index contributed by atoms with van der Waals surface area (Å²) in [6.07, 6.45) is 3.21.